The first kappa shape index (κ1) is 10.6. The van der Waals surface area contributed by atoms with Crippen LogP contribution in [0.15, 0.2) is 18.2 Å². The highest BCUT2D eigenvalue weighted by atomic mass is 19.1. The monoisotopic (exact) mass is 208 g/mol. The summed E-state index contributed by atoms with van der Waals surface area (Å²) < 4.78 is 13.5. The van der Waals surface area contributed by atoms with Crippen molar-refractivity contribution in [3.05, 3.63) is 35.1 Å². The van der Waals surface area contributed by atoms with Crippen molar-refractivity contribution in [2.45, 2.75) is 38.7 Å². The summed E-state index contributed by atoms with van der Waals surface area (Å²) in [6.45, 7) is 1.85. The fraction of sp³-hybridized carbons (Fsp3) is 0.538. The Morgan fingerprint density at radius 2 is 2.20 bits per heavy atom. The summed E-state index contributed by atoms with van der Waals surface area (Å²) in [7, 11) is 0. The Morgan fingerprint density at radius 1 is 1.47 bits per heavy atom. The van der Waals surface area contributed by atoms with Gasteiger partial charge in [0.05, 0.1) is 6.10 Å². The number of hydrogen-bond donors (Lipinski definition) is 1. The standard InChI is InChI=1S/C13H17FO/c1-9-5-6-11(12(14)7-9)13(15)8-10-3-2-4-10/h5-7,10,13,15H,2-4,8H2,1H3. The lowest BCUT2D eigenvalue weighted by Crippen LogP contribution is -2.15. The molecule has 1 aromatic carbocycles. The summed E-state index contributed by atoms with van der Waals surface area (Å²) in [5.41, 5.74) is 1.35. The maximum absolute atomic E-state index is 13.5. The van der Waals surface area contributed by atoms with Gasteiger partial charge in [0.2, 0.25) is 0 Å². The molecule has 0 saturated heterocycles. The molecular weight excluding hydrogens is 191 g/mol. The van der Waals surface area contributed by atoms with Gasteiger partial charge >= 0.3 is 0 Å². The van der Waals surface area contributed by atoms with Gasteiger partial charge < -0.3 is 5.11 Å². The molecule has 1 aliphatic rings. The summed E-state index contributed by atoms with van der Waals surface area (Å²) in [6, 6.07) is 5.04. The summed E-state index contributed by atoms with van der Waals surface area (Å²) in [5.74, 6) is 0.322. The van der Waals surface area contributed by atoms with Gasteiger partial charge in [0.1, 0.15) is 5.82 Å². The molecule has 0 amide bonds. The van der Waals surface area contributed by atoms with Crippen molar-refractivity contribution in [2.24, 2.45) is 5.92 Å². The fourth-order valence-electron chi connectivity index (χ4n) is 2.07. The molecule has 1 aliphatic carbocycles. The van der Waals surface area contributed by atoms with Gasteiger partial charge in [-0.25, -0.2) is 4.39 Å². The van der Waals surface area contributed by atoms with Gasteiger partial charge in [-0.15, -0.1) is 0 Å². The molecule has 0 radical (unpaired) electrons. The molecule has 2 heteroatoms. The van der Waals surface area contributed by atoms with Crippen LogP contribution in [-0.2, 0) is 0 Å². The van der Waals surface area contributed by atoms with Crippen LogP contribution >= 0.6 is 0 Å². The molecule has 0 aliphatic heterocycles. The van der Waals surface area contributed by atoms with Crippen molar-refractivity contribution in [2.75, 3.05) is 0 Å². The molecule has 15 heavy (non-hydrogen) atoms. The van der Waals surface area contributed by atoms with Crippen LogP contribution in [0.3, 0.4) is 0 Å². The number of rotatable bonds is 3. The van der Waals surface area contributed by atoms with Crippen molar-refractivity contribution in [1.82, 2.24) is 0 Å². The Morgan fingerprint density at radius 3 is 2.73 bits per heavy atom. The van der Waals surface area contributed by atoms with E-state index in [0.717, 1.165) is 5.56 Å². The van der Waals surface area contributed by atoms with E-state index < -0.39 is 6.10 Å². The molecule has 1 saturated carbocycles. The number of aryl methyl sites for hydroxylation is 1. The molecule has 82 valence electrons. The second-order valence-electron chi connectivity index (χ2n) is 4.57. The van der Waals surface area contributed by atoms with E-state index in [1.54, 1.807) is 6.07 Å². The first-order valence-corrected chi connectivity index (χ1v) is 5.61. The van der Waals surface area contributed by atoms with E-state index in [2.05, 4.69) is 0 Å². The van der Waals surface area contributed by atoms with Gasteiger partial charge in [0, 0.05) is 5.56 Å². The minimum Gasteiger partial charge on any atom is -0.388 e. The van der Waals surface area contributed by atoms with Crippen molar-refractivity contribution < 1.29 is 9.50 Å². The van der Waals surface area contributed by atoms with Crippen molar-refractivity contribution in [3.63, 3.8) is 0 Å². The zero-order valence-electron chi connectivity index (χ0n) is 9.04. The topological polar surface area (TPSA) is 20.2 Å². The SMILES string of the molecule is Cc1ccc(C(O)CC2CCC2)c(F)c1. The van der Waals surface area contributed by atoms with Crippen LogP contribution in [0.4, 0.5) is 4.39 Å². The van der Waals surface area contributed by atoms with E-state index in [0.29, 0.717) is 17.9 Å². The highest BCUT2D eigenvalue weighted by molar-refractivity contribution is 5.25. The van der Waals surface area contributed by atoms with Crippen LogP contribution in [0.2, 0.25) is 0 Å². The van der Waals surface area contributed by atoms with Gasteiger partial charge in [-0.1, -0.05) is 31.4 Å². The van der Waals surface area contributed by atoms with Gasteiger partial charge in [-0.2, -0.15) is 0 Å². The minimum absolute atomic E-state index is 0.276. The van der Waals surface area contributed by atoms with Crippen molar-refractivity contribution in [3.8, 4) is 0 Å². The number of benzene rings is 1. The number of hydrogen-bond acceptors (Lipinski definition) is 1. The zero-order chi connectivity index (χ0) is 10.8. The average Bonchev–Trinajstić information content (AvgIpc) is 2.11. The molecule has 0 aromatic heterocycles. The molecule has 1 fully saturated rings. The van der Waals surface area contributed by atoms with Crippen molar-refractivity contribution in [1.29, 1.82) is 0 Å². The molecule has 1 nitrogen and oxygen atoms in total. The summed E-state index contributed by atoms with van der Waals surface area (Å²) in [6.07, 6.45) is 3.71. The number of aliphatic hydroxyl groups excluding tert-OH is 1. The fourth-order valence-corrected chi connectivity index (χ4v) is 2.07. The Balaban J connectivity index is 2.06. The molecule has 0 spiro atoms. The molecule has 1 unspecified atom stereocenters. The Kier molecular flexibility index (Phi) is 3.06. The van der Waals surface area contributed by atoms with Gasteiger partial charge in [0.15, 0.2) is 0 Å². The third-order valence-electron chi connectivity index (χ3n) is 3.30. The van der Waals surface area contributed by atoms with Crippen molar-refractivity contribution >= 4 is 0 Å². The van der Waals surface area contributed by atoms with Crippen LogP contribution in [0, 0.1) is 18.7 Å². The van der Waals surface area contributed by atoms with E-state index in [1.807, 2.05) is 13.0 Å². The number of halogens is 1. The average molecular weight is 208 g/mol. The maximum Gasteiger partial charge on any atom is 0.129 e. The molecule has 0 heterocycles. The van der Waals surface area contributed by atoms with Crippen LogP contribution in [0.25, 0.3) is 0 Å². The first-order chi connectivity index (χ1) is 7.16. The van der Waals surface area contributed by atoms with E-state index in [-0.39, 0.29) is 5.82 Å². The lowest BCUT2D eigenvalue weighted by molar-refractivity contribution is 0.115. The Hall–Kier alpha value is -0.890. The van der Waals surface area contributed by atoms with Crippen LogP contribution in [0.1, 0.15) is 42.9 Å². The molecule has 1 aromatic rings. The van der Waals surface area contributed by atoms with E-state index in [1.165, 1.54) is 25.3 Å². The van der Waals surface area contributed by atoms with Crippen LogP contribution < -0.4 is 0 Å². The van der Waals surface area contributed by atoms with E-state index in [9.17, 15) is 9.50 Å². The lowest BCUT2D eigenvalue weighted by atomic mass is 9.80. The smallest absolute Gasteiger partial charge is 0.129 e. The zero-order valence-corrected chi connectivity index (χ0v) is 9.04. The molecule has 2 rings (SSSR count). The van der Waals surface area contributed by atoms with E-state index >= 15 is 0 Å². The second kappa shape index (κ2) is 4.31. The maximum atomic E-state index is 13.5. The number of aliphatic hydroxyl groups is 1. The Labute approximate surface area is 89.9 Å². The molecule has 1 N–H and O–H groups in total. The minimum atomic E-state index is -0.629. The highest BCUT2D eigenvalue weighted by Crippen LogP contribution is 2.35. The normalized spacial score (nSPS) is 18.6. The van der Waals surface area contributed by atoms with Crippen LogP contribution in [0.5, 0.6) is 0 Å². The van der Waals surface area contributed by atoms with Gasteiger partial charge in [0.25, 0.3) is 0 Å². The molecule has 0 bridgehead atoms. The highest BCUT2D eigenvalue weighted by Gasteiger charge is 2.23. The second-order valence-corrected chi connectivity index (χ2v) is 4.57. The largest absolute Gasteiger partial charge is 0.388 e. The predicted octanol–water partition coefficient (Wildman–Crippen LogP) is 3.36. The quantitative estimate of drug-likeness (QED) is 0.807. The molecule has 1 atom stereocenters. The van der Waals surface area contributed by atoms with Crippen LogP contribution in [-0.4, -0.2) is 5.11 Å². The summed E-state index contributed by atoms with van der Waals surface area (Å²) in [4.78, 5) is 0. The predicted molar refractivity (Wildman–Crippen MR) is 58.1 cm³/mol. The summed E-state index contributed by atoms with van der Waals surface area (Å²) in [5, 5.41) is 9.89. The summed E-state index contributed by atoms with van der Waals surface area (Å²) >= 11 is 0. The first-order valence-electron chi connectivity index (χ1n) is 5.61. The lowest BCUT2D eigenvalue weighted by Gasteiger charge is -2.27. The third kappa shape index (κ3) is 2.37. The molecular formula is C13H17FO. The van der Waals surface area contributed by atoms with E-state index in [4.69, 9.17) is 0 Å². The Bertz CT molecular complexity index is 344. The third-order valence-corrected chi connectivity index (χ3v) is 3.30. The van der Waals surface area contributed by atoms with Gasteiger partial charge in [-0.05, 0) is 30.9 Å². The van der Waals surface area contributed by atoms with Gasteiger partial charge in [-0.3, -0.25) is 0 Å².